The van der Waals surface area contributed by atoms with Crippen LogP contribution >= 0.6 is 0 Å². The summed E-state index contributed by atoms with van der Waals surface area (Å²) >= 11 is 0. The van der Waals surface area contributed by atoms with E-state index >= 15 is 0 Å². The minimum Gasteiger partial charge on any atom is -0.432 e. The van der Waals surface area contributed by atoms with Crippen molar-refractivity contribution in [1.82, 2.24) is 10.2 Å². The van der Waals surface area contributed by atoms with Gasteiger partial charge in [0.05, 0.1) is 37.8 Å². The monoisotopic (exact) mass is 565 g/mol. The van der Waals surface area contributed by atoms with E-state index in [0.717, 1.165) is 36.2 Å². The van der Waals surface area contributed by atoms with Crippen LogP contribution in [0.15, 0.2) is 48.5 Å². The predicted octanol–water partition coefficient (Wildman–Crippen LogP) is 2.86. The fourth-order valence-corrected chi connectivity index (χ4v) is 9.61. The van der Waals surface area contributed by atoms with Gasteiger partial charge in [-0.05, 0) is 67.1 Å². The van der Waals surface area contributed by atoms with Crippen LogP contribution in [0.5, 0.6) is 0 Å². The van der Waals surface area contributed by atoms with E-state index in [1.54, 1.807) is 4.90 Å². The molecule has 3 N–H and O–H groups in total. The minimum absolute atomic E-state index is 0.0250. The zero-order valence-electron chi connectivity index (χ0n) is 23.9. The topological polar surface area (TPSA) is 102 Å². The van der Waals surface area contributed by atoms with Gasteiger partial charge in [0.2, 0.25) is 11.8 Å². The predicted molar refractivity (Wildman–Crippen MR) is 157 cm³/mol. The number of hydrogen-bond acceptors (Lipinski definition) is 6. The first kappa shape index (κ1) is 28.9. The Labute approximate surface area is 238 Å². The number of piperazine rings is 1. The Kier molecular flexibility index (Phi) is 8.77. The average Bonchev–Trinajstić information content (AvgIpc) is 3.26. The Hall–Kier alpha value is -2.56. The molecule has 0 saturated carbocycles. The summed E-state index contributed by atoms with van der Waals surface area (Å²) in [5.41, 5.74) is 4.32. The van der Waals surface area contributed by atoms with Gasteiger partial charge in [-0.15, -0.1) is 0 Å². The van der Waals surface area contributed by atoms with E-state index in [1.165, 1.54) is 5.56 Å². The molecular weight excluding hydrogens is 522 g/mol. The van der Waals surface area contributed by atoms with Crippen LogP contribution < -0.4 is 10.2 Å². The van der Waals surface area contributed by atoms with Gasteiger partial charge >= 0.3 is 0 Å². The Morgan fingerprint density at radius 1 is 1.12 bits per heavy atom. The van der Waals surface area contributed by atoms with E-state index in [4.69, 9.17) is 4.74 Å². The van der Waals surface area contributed by atoms with Crippen molar-refractivity contribution in [3.05, 3.63) is 65.2 Å². The molecule has 3 aliphatic heterocycles. The first-order chi connectivity index (χ1) is 19.2. The number of benzene rings is 2. The number of nitrogens with zero attached hydrogens (tertiary/aromatic N) is 2. The molecule has 0 spiro atoms. The number of nitrogens with one attached hydrogen (secondary N) is 1. The van der Waals surface area contributed by atoms with E-state index in [-0.39, 0.29) is 54.6 Å². The molecule has 9 heteroatoms. The zero-order valence-corrected chi connectivity index (χ0v) is 24.9. The van der Waals surface area contributed by atoms with E-state index in [1.807, 2.05) is 48.3 Å². The highest BCUT2D eigenvalue weighted by atomic mass is 28.4. The van der Waals surface area contributed by atoms with Crippen molar-refractivity contribution < 1.29 is 24.2 Å². The van der Waals surface area contributed by atoms with Gasteiger partial charge in [0.1, 0.15) is 0 Å². The fraction of sp³-hybridized carbons (Fsp3) is 0.548. The lowest BCUT2D eigenvalue weighted by Gasteiger charge is -2.37. The molecule has 5 atom stereocenters. The van der Waals surface area contributed by atoms with Crippen LogP contribution in [0.4, 0.5) is 5.69 Å². The molecule has 2 amide bonds. The van der Waals surface area contributed by atoms with Crippen LogP contribution in [0.25, 0.3) is 0 Å². The molecular formula is C31H43N3O5Si. The van der Waals surface area contributed by atoms with Gasteiger partial charge in [-0.2, -0.15) is 0 Å². The van der Waals surface area contributed by atoms with Crippen LogP contribution in [0.2, 0.25) is 18.6 Å². The molecule has 2 aromatic rings. The molecule has 40 heavy (non-hydrogen) atoms. The van der Waals surface area contributed by atoms with E-state index in [2.05, 4.69) is 30.4 Å². The largest absolute Gasteiger partial charge is 0.432 e. The summed E-state index contributed by atoms with van der Waals surface area (Å²) in [6.07, 6.45) is 2.01. The number of aliphatic hydroxyl groups is 1. The second-order valence-corrected chi connectivity index (χ2v) is 16.2. The number of ether oxygens (including phenoxy) is 1. The van der Waals surface area contributed by atoms with Crippen molar-refractivity contribution >= 4 is 25.8 Å². The third-order valence-electron chi connectivity index (χ3n) is 9.01. The quantitative estimate of drug-likeness (QED) is 0.426. The first-order valence-electron chi connectivity index (χ1n) is 14.6. The molecule has 3 aliphatic rings. The molecule has 0 aromatic heterocycles. The number of anilines is 1. The Morgan fingerprint density at radius 2 is 1.90 bits per heavy atom. The van der Waals surface area contributed by atoms with Crippen molar-refractivity contribution in [2.45, 2.75) is 76.0 Å². The molecule has 3 heterocycles. The number of rotatable bonds is 8. The van der Waals surface area contributed by atoms with E-state index < -0.39 is 8.32 Å². The summed E-state index contributed by atoms with van der Waals surface area (Å²) in [5, 5.41) is 13.2. The summed E-state index contributed by atoms with van der Waals surface area (Å²) in [5.74, 6) is 0.184. The maximum atomic E-state index is 13.6. The second kappa shape index (κ2) is 12.1. The molecule has 0 bridgehead atoms. The molecule has 0 unspecified atom stereocenters. The summed E-state index contributed by atoms with van der Waals surface area (Å²) in [6, 6.07) is 16.0. The van der Waals surface area contributed by atoms with E-state index in [0.29, 0.717) is 26.1 Å². The number of amides is 2. The number of hydrogen-bond donors (Lipinski definition) is 3. The lowest BCUT2D eigenvalue weighted by molar-refractivity contribution is -0.138. The maximum Gasteiger partial charge on any atom is 0.240 e. The third-order valence-corrected chi connectivity index (χ3v) is 11.5. The van der Waals surface area contributed by atoms with Gasteiger partial charge in [0, 0.05) is 30.9 Å². The average molecular weight is 566 g/mol. The Morgan fingerprint density at radius 3 is 2.62 bits per heavy atom. The highest BCUT2D eigenvalue weighted by Gasteiger charge is 2.50. The van der Waals surface area contributed by atoms with Crippen LogP contribution in [-0.2, 0) is 33.7 Å². The lowest BCUT2D eigenvalue weighted by Crippen LogP contribution is -2.48. The van der Waals surface area contributed by atoms with Crippen molar-refractivity contribution in [2.24, 2.45) is 5.92 Å². The van der Waals surface area contributed by atoms with Gasteiger partial charge in [-0.3, -0.25) is 9.59 Å². The number of carbonyl (C=O) groups is 2. The number of aliphatic hydroxyl groups excluding tert-OH is 1. The SMILES string of the molecule is C[C@@H]1[C@@H]([Si](C)(C)O)[C@H](CC(=O)N2Cc3ccccc3C[C@H]2CO)O[C@@H]1CCc1cccc(N2CCNCC2=O)c1. The van der Waals surface area contributed by atoms with Crippen molar-refractivity contribution in [2.75, 3.05) is 31.1 Å². The molecule has 8 nitrogen and oxygen atoms in total. The van der Waals surface area contributed by atoms with Crippen LogP contribution in [-0.4, -0.2) is 79.4 Å². The van der Waals surface area contributed by atoms with Crippen LogP contribution in [0.3, 0.4) is 0 Å². The standard InChI is InChI=1S/C31H43N3O5Si/c1-21-27(12-11-22-7-6-10-25(15-22)33-14-13-32-18-30(33)37)39-28(31(21)40(2,3)38)17-29(36)34-19-24-9-5-4-8-23(24)16-26(34)20-35/h4-10,15,21,26-28,31-32,35,38H,11-14,16-20H2,1-3H3/t21-,26-,27+,28-,31+/m0/s1. The smallest absolute Gasteiger partial charge is 0.240 e. The Bertz CT molecular complexity index is 1220. The van der Waals surface area contributed by atoms with Gasteiger partial charge in [0.15, 0.2) is 8.32 Å². The van der Waals surface area contributed by atoms with Gasteiger partial charge in [-0.1, -0.05) is 43.3 Å². The van der Waals surface area contributed by atoms with E-state index in [9.17, 15) is 19.5 Å². The van der Waals surface area contributed by atoms with Crippen LogP contribution in [0.1, 0.15) is 36.5 Å². The summed E-state index contributed by atoms with van der Waals surface area (Å²) < 4.78 is 6.59. The molecule has 0 radical (unpaired) electrons. The fourth-order valence-electron chi connectivity index (χ4n) is 7.01. The van der Waals surface area contributed by atoms with Crippen molar-refractivity contribution in [3.8, 4) is 0 Å². The summed E-state index contributed by atoms with van der Waals surface area (Å²) in [4.78, 5) is 40.9. The number of fused-ring (bicyclic) bond motifs is 1. The summed E-state index contributed by atoms with van der Waals surface area (Å²) in [6.45, 7) is 8.26. The maximum absolute atomic E-state index is 13.6. The molecule has 2 saturated heterocycles. The second-order valence-electron chi connectivity index (χ2n) is 12.2. The highest BCUT2D eigenvalue weighted by molar-refractivity contribution is 6.71. The Balaban J connectivity index is 1.26. The molecule has 2 fully saturated rings. The third kappa shape index (κ3) is 6.18. The van der Waals surface area contributed by atoms with Crippen molar-refractivity contribution in [3.63, 3.8) is 0 Å². The van der Waals surface area contributed by atoms with Crippen LogP contribution in [0, 0.1) is 5.92 Å². The first-order valence-corrected chi connectivity index (χ1v) is 17.6. The lowest BCUT2D eigenvalue weighted by atomic mass is 9.93. The molecule has 5 rings (SSSR count). The van der Waals surface area contributed by atoms with Crippen molar-refractivity contribution in [1.29, 1.82) is 0 Å². The molecule has 2 aromatic carbocycles. The number of carbonyl (C=O) groups excluding carboxylic acids is 2. The minimum atomic E-state index is -2.63. The number of aryl methyl sites for hydroxylation is 1. The summed E-state index contributed by atoms with van der Waals surface area (Å²) in [7, 11) is -2.63. The normalized spacial score (nSPS) is 27.1. The van der Waals surface area contributed by atoms with Gasteiger partial charge in [0.25, 0.3) is 0 Å². The van der Waals surface area contributed by atoms with Gasteiger partial charge in [-0.25, -0.2) is 0 Å². The molecule has 0 aliphatic carbocycles. The highest BCUT2D eigenvalue weighted by Crippen LogP contribution is 2.46. The van der Waals surface area contributed by atoms with Gasteiger partial charge < -0.3 is 29.8 Å². The zero-order chi connectivity index (χ0) is 28.4. The molecule has 216 valence electrons.